The van der Waals surface area contributed by atoms with Crippen LogP contribution in [0.1, 0.15) is 103 Å². The second-order valence-electron chi connectivity index (χ2n) is 18.0. The van der Waals surface area contributed by atoms with Crippen molar-refractivity contribution in [3.05, 3.63) is 35.9 Å². The molecule has 8 atom stereocenters. The molecular formula is C44H66N4O10S2. The lowest BCUT2D eigenvalue weighted by Gasteiger charge is -2.49. The van der Waals surface area contributed by atoms with Crippen molar-refractivity contribution < 1.29 is 47.8 Å². The fourth-order valence-corrected chi connectivity index (χ4v) is 13.3. The number of nitrogens with zero attached hydrogens (tertiary/aromatic N) is 2. The van der Waals surface area contributed by atoms with Crippen molar-refractivity contribution in [2.45, 2.75) is 145 Å². The van der Waals surface area contributed by atoms with Gasteiger partial charge in [-0.05, 0) is 127 Å². The molecule has 4 fully saturated rings. The van der Waals surface area contributed by atoms with Crippen molar-refractivity contribution in [2.75, 3.05) is 38.2 Å². The number of piperidine rings is 2. The lowest BCUT2D eigenvalue weighted by atomic mass is 9.87. The molecule has 0 aromatic heterocycles. The minimum absolute atomic E-state index is 0.0497. The number of ether oxygens (including phenoxy) is 3. The zero-order valence-electron chi connectivity index (χ0n) is 36.4. The Labute approximate surface area is 361 Å². The highest BCUT2D eigenvalue weighted by Gasteiger charge is 2.48. The molecule has 0 spiro atoms. The van der Waals surface area contributed by atoms with E-state index in [0.717, 1.165) is 37.0 Å². The number of hydrogen-bond donors (Lipinski definition) is 2. The van der Waals surface area contributed by atoms with E-state index in [-0.39, 0.29) is 54.2 Å². The molecule has 4 amide bonds. The van der Waals surface area contributed by atoms with Gasteiger partial charge in [-0.25, -0.2) is 19.6 Å². The molecule has 14 nitrogen and oxygen atoms in total. The van der Waals surface area contributed by atoms with Crippen LogP contribution in [0.4, 0.5) is 0 Å². The maximum Gasteiger partial charge on any atom is 0.328 e. The summed E-state index contributed by atoms with van der Waals surface area (Å²) in [5.41, 5.74) is 0.179. The first-order chi connectivity index (χ1) is 28.4. The van der Waals surface area contributed by atoms with Crippen molar-refractivity contribution >= 4 is 63.3 Å². The molecule has 4 heterocycles. The predicted octanol–water partition coefficient (Wildman–Crippen LogP) is 4.70. The Morgan fingerprint density at radius 3 is 1.97 bits per heavy atom. The zero-order chi connectivity index (χ0) is 43.8. The maximum atomic E-state index is 14.4. The van der Waals surface area contributed by atoms with E-state index in [1.165, 1.54) is 14.2 Å². The Hall–Kier alpha value is -3.79. The van der Waals surface area contributed by atoms with E-state index in [9.17, 15) is 33.6 Å². The SMILES string of the molecule is COC(=O)C1CCCC2SCCC(NC(=O)C(CCC(CCC(=O)OC(C)(C)C)C(=O)NC3CCS(C)(C)C4CCCC(C(=O)OC)N4C3=O)Cc3ccccc3)C(=O)N21. The average Bonchev–Trinajstić information content (AvgIpc) is 3.43. The van der Waals surface area contributed by atoms with Crippen LogP contribution >= 0.6 is 21.8 Å². The van der Waals surface area contributed by atoms with Gasteiger partial charge in [0, 0.05) is 18.3 Å². The monoisotopic (exact) mass is 874 g/mol. The Kier molecular flexibility index (Phi) is 16.4. The zero-order valence-corrected chi connectivity index (χ0v) is 38.0. The highest BCUT2D eigenvalue weighted by Crippen LogP contribution is 2.53. The summed E-state index contributed by atoms with van der Waals surface area (Å²) in [7, 11) is 1.28. The third-order valence-corrected chi connectivity index (χ3v) is 16.8. The molecular weight excluding hydrogens is 809 g/mol. The number of rotatable bonds is 14. The molecule has 1 aromatic rings. The third kappa shape index (κ3) is 12.0. The fraction of sp³-hybridized carbons (Fsp3) is 0.705. The number of amides is 4. The van der Waals surface area contributed by atoms with E-state index in [1.807, 2.05) is 30.3 Å². The van der Waals surface area contributed by atoms with Crippen LogP contribution in [-0.2, 0) is 54.2 Å². The molecule has 0 saturated carbocycles. The van der Waals surface area contributed by atoms with Crippen molar-refractivity contribution in [3.63, 3.8) is 0 Å². The summed E-state index contributed by atoms with van der Waals surface area (Å²) in [6, 6.07) is 6.37. The Balaban J connectivity index is 1.37. The fourth-order valence-electron chi connectivity index (χ4n) is 9.10. The summed E-state index contributed by atoms with van der Waals surface area (Å²) in [4.78, 5) is 99.3. The molecule has 16 heteroatoms. The molecule has 4 aliphatic rings. The normalized spacial score (nSPS) is 27.1. The van der Waals surface area contributed by atoms with E-state index >= 15 is 0 Å². The minimum atomic E-state index is -1.36. The van der Waals surface area contributed by atoms with Crippen molar-refractivity contribution in [1.29, 1.82) is 0 Å². The summed E-state index contributed by atoms with van der Waals surface area (Å²) in [6.07, 6.45) is 10.1. The molecule has 334 valence electrons. The van der Waals surface area contributed by atoms with Crippen LogP contribution in [0.2, 0.25) is 0 Å². The van der Waals surface area contributed by atoms with Gasteiger partial charge in [0.1, 0.15) is 29.8 Å². The first-order valence-corrected chi connectivity index (χ1v) is 25.1. The number of carbonyl (C=O) groups excluding carboxylic acids is 7. The molecule has 60 heavy (non-hydrogen) atoms. The number of nitrogens with one attached hydrogen (secondary N) is 2. The first kappa shape index (κ1) is 47.3. The molecule has 0 radical (unpaired) electrons. The number of benzene rings is 1. The standard InChI is InChI=1S/C44H66N4O10S2/c1-44(2,3)58-37(49)22-21-29(38(50)46-32-24-26-60(6,7)36-18-12-16-34(43(55)57-5)48(36)41(32)53)19-20-30(27-28-13-9-8-10-14-28)39(51)45-31-23-25-59-35-17-11-15-33(42(54)56-4)47(35)40(31)52/h8-10,13-14,29-36H,11-12,15-27H2,1-7H3,(H,45,51)(H,46,50). The van der Waals surface area contributed by atoms with E-state index in [4.69, 9.17) is 14.2 Å². The number of carbonyl (C=O) groups is 7. The Morgan fingerprint density at radius 1 is 0.767 bits per heavy atom. The van der Waals surface area contributed by atoms with Crippen LogP contribution in [0.3, 0.4) is 0 Å². The van der Waals surface area contributed by atoms with Gasteiger partial charge >= 0.3 is 17.9 Å². The Bertz CT molecular complexity index is 1720. The molecule has 8 unspecified atom stereocenters. The van der Waals surface area contributed by atoms with Gasteiger partial charge in [0.2, 0.25) is 23.6 Å². The van der Waals surface area contributed by atoms with E-state index < -0.39 is 75.4 Å². The number of esters is 3. The number of methoxy groups -OCH3 is 2. The van der Waals surface area contributed by atoms with Gasteiger partial charge in [-0.15, -0.1) is 11.8 Å². The minimum Gasteiger partial charge on any atom is -0.467 e. The Morgan fingerprint density at radius 2 is 1.33 bits per heavy atom. The van der Waals surface area contributed by atoms with Crippen molar-refractivity contribution in [2.24, 2.45) is 11.8 Å². The average molecular weight is 875 g/mol. The summed E-state index contributed by atoms with van der Waals surface area (Å²) in [5, 5.41) is 5.79. The van der Waals surface area contributed by atoms with Gasteiger partial charge in [0.15, 0.2) is 0 Å². The van der Waals surface area contributed by atoms with Gasteiger partial charge in [0.25, 0.3) is 0 Å². The van der Waals surface area contributed by atoms with E-state index in [2.05, 4.69) is 23.1 Å². The maximum absolute atomic E-state index is 14.4. The summed E-state index contributed by atoms with van der Waals surface area (Å²) in [6.45, 7) is 5.33. The number of thioether (sulfide) groups is 1. The quantitative estimate of drug-likeness (QED) is 0.196. The molecule has 0 aliphatic carbocycles. The summed E-state index contributed by atoms with van der Waals surface area (Å²) in [5.74, 6) is -2.81. The highest BCUT2D eigenvalue weighted by molar-refractivity contribution is 8.33. The van der Waals surface area contributed by atoms with Gasteiger partial charge in [-0.1, -0.05) is 30.3 Å². The molecule has 2 N–H and O–H groups in total. The molecule has 1 aromatic carbocycles. The largest absolute Gasteiger partial charge is 0.467 e. The van der Waals surface area contributed by atoms with Gasteiger partial charge in [-0.2, -0.15) is 0 Å². The molecule has 0 bridgehead atoms. The summed E-state index contributed by atoms with van der Waals surface area (Å²) >= 11 is 1.61. The van der Waals surface area contributed by atoms with Crippen LogP contribution in [0, 0.1) is 11.8 Å². The van der Waals surface area contributed by atoms with Crippen LogP contribution in [0.25, 0.3) is 0 Å². The van der Waals surface area contributed by atoms with Crippen LogP contribution in [0.5, 0.6) is 0 Å². The van der Waals surface area contributed by atoms with Gasteiger partial charge < -0.3 is 34.6 Å². The number of hydrogen-bond acceptors (Lipinski definition) is 11. The second-order valence-corrected chi connectivity index (χ2v) is 23.5. The highest BCUT2D eigenvalue weighted by atomic mass is 32.3. The predicted molar refractivity (Wildman–Crippen MR) is 232 cm³/mol. The topological polar surface area (TPSA) is 178 Å². The van der Waals surface area contributed by atoms with Crippen LogP contribution in [-0.4, -0.2) is 130 Å². The molecule has 5 rings (SSSR count). The van der Waals surface area contributed by atoms with Crippen LogP contribution < -0.4 is 10.6 Å². The van der Waals surface area contributed by atoms with Crippen molar-refractivity contribution in [3.8, 4) is 0 Å². The van der Waals surface area contributed by atoms with Gasteiger partial charge in [0.05, 0.1) is 25.0 Å². The smallest absolute Gasteiger partial charge is 0.328 e. The molecule has 4 aliphatic heterocycles. The number of fused-ring (bicyclic) bond motifs is 2. The van der Waals surface area contributed by atoms with Gasteiger partial charge in [-0.3, -0.25) is 24.0 Å². The van der Waals surface area contributed by atoms with E-state index in [1.54, 1.807) is 42.3 Å². The third-order valence-electron chi connectivity index (χ3n) is 12.3. The second kappa shape index (κ2) is 20.9. The molecule has 4 saturated heterocycles. The van der Waals surface area contributed by atoms with Crippen molar-refractivity contribution in [1.82, 2.24) is 20.4 Å². The van der Waals surface area contributed by atoms with E-state index in [0.29, 0.717) is 37.9 Å². The lowest BCUT2D eigenvalue weighted by Crippen LogP contribution is -2.58. The summed E-state index contributed by atoms with van der Waals surface area (Å²) < 4.78 is 15.8. The van der Waals surface area contributed by atoms with Crippen LogP contribution in [0.15, 0.2) is 30.3 Å². The first-order valence-electron chi connectivity index (χ1n) is 21.4. The lowest BCUT2D eigenvalue weighted by molar-refractivity contribution is -0.156.